The molecule has 0 saturated carbocycles. The molecule has 19 heavy (non-hydrogen) atoms. The van der Waals surface area contributed by atoms with Crippen LogP contribution in [0.25, 0.3) is 0 Å². The van der Waals surface area contributed by atoms with E-state index in [2.05, 4.69) is 49.1 Å². The number of hydrogen-bond acceptors (Lipinski definition) is 2. The minimum atomic E-state index is 0.303. The van der Waals surface area contributed by atoms with Crippen molar-refractivity contribution in [2.24, 2.45) is 0 Å². The van der Waals surface area contributed by atoms with Crippen molar-refractivity contribution in [3.63, 3.8) is 0 Å². The summed E-state index contributed by atoms with van der Waals surface area (Å²) in [6.45, 7) is 8.95. The second kappa shape index (κ2) is 6.71. The Labute approximate surface area is 116 Å². The van der Waals surface area contributed by atoms with Crippen molar-refractivity contribution in [1.82, 2.24) is 9.80 Å². The number of carbonyl (C=O) groups is 1. The van der Waals surface area contributed by atoms with E-state index < -0.39 is 0 Å². The molecule has 1 aliphatic heterocycles. The second-order valence-electron chi connectivity index (χ2n) is 5.34. The molecule has 0 aromatic heterocycles. The van der Waals surface area contributed by atoms with E-state index in [1.807, 2.05) is 4.90 Å². The van der Waals surface area contributed by atoms with Gasteiger partial charge >= 0.3 is 0 Å². The molecule has 0 spiro atoms. The average molecular weight is 260 g/mol. The maximum absolute atomic E-state index is 11.8. The van der Waals surface area contributed by atoms with Crippen LogP contribution in [0.15, 0.2) is 30.3 Å². The highest BCUT2D eigenvalue weighted by Crippen LogP contribution is 2.17. The Bertz CT molecular complexity index is 404. The fourth-order valence-corrected chi connectivity index (χ4v) is 2.70. The topological polar surface area (TPSA) is 23.6 Å². The van der Waals surface area contributed by atoms with E-state index in [-0.39, 0.29) is 0 Å². The molecule has 1 saturated heterocycles. The van der Waals surface area contributed by atoms with E-state index in [0.29, 0.717) is 18.2 Å². The summed E-state index contributed by atoms with van der Waals surface area (Å²) in [5, 5.41) is 0. The second-order valence-corrected chi connectivity index (χ2v) is 5.34. The van der Waals surface area contributed by atoms with E-state index in [1.54, 1.807) is 0 Å². The molecule has 1 aromatic carbocycles. The molecule has 1 aliphatic rings. The van der Waals surface area contributed by atoms with Crippen LogP contribution in [0.2, 0.25) is 0 Å². The molecule has 0 unspecified atom stereocenters. The lowest BCUT2D eigenvalue weighted by Crippen LogP contribution is -2.34. The average Bonchev–Trinajstić information content (AvgIpc) is 2.62. The highest BCUT2D eigenvalue weighted by molar-refractivity contribution is 5.76. The molecule has 0 bridgehead atoms. The monoisotopic (exact) mass is 260 g/mol. The first-order chi connectivity index (χ1) is 9.20. The van der Waals surface area contributed by atoms with Gasteiger partial charge in [0.05, 0.1) is 0 Å². The number of hydrogen-bond donors (Lipinski definition) is 0. The molecule has 104 valence electrons. The lowest BCUT2D eigenvalue weighted by Gasteiger charge is -2.24. The van der Waals surface area contributed by atoms with E-state index in [0.717, 1.165) is 32.7 Å². The summed E-state index contributed by atoms with van der Waals surface area (Å²) in [5.41, 5.74) is 1.38. The van der Waals surface area contributed by atoms with E-state index in [9.17, 15) is 4.79 Å². The van der Waals surface area contributed by atoms with Crippen LogP contribution in [0.5, 0.6) is 0 Å². The van der Waals surface area contributed by atoms with Crippen LogP contribution < -0.4 is 0 Å². The molecule has 1 amide bonds. The van der Waals surface area contributed by atoms with Crippen molar-refractivity contribution in [3.8, 4) is 0 Å². The minimum Gasteiger partial charge on any atom is -0.342 e. The van der Waals surface area contributed by atoms with Crippen LogP contribution in [0.1, 0.15) is 31.7 Å². The maximum atomic E-state index is 11.8. The van der Waals surface area contributed by atoms with Gasteiger partial charge in [-0.2, -0.15) is 0 Å². The Morgan fingerprint density at radius 3 is 2.58 bits per heavy atom. The summed E-state index contributed by atoms with van der Waals surface area (Å²) in [6.07, 6.45) is 0.662. The van der Waals surface area contributed by atoms with Crippen molar-refractivity contribution >= 4 is 5.91 Å². The third kappa shape index (κ3) is 3.80. The van der Waals surface area contributed by atoms with Crippen molar-refractivity contribution in [3.05, 3.63) is 35.9 Å². The number of carbonyl (C=O) groups excluding carboxylic acids is 1. The summed E-state index contributed by atoms with van der Waals surface area (Å²) in [6, 6.07) is 10.6. The van der Waals surface area contributed by atoms with Gasteiger partial charge in [-0.05, 0) is 18.4 Å². The fourth-order valence-electron chi connectivity index (χ4n) is 2.70. The van der Waals surface area contributed by atoms with Crippen LogP contribution in [0, 0.1) is 0 Å². The van der Waals surface area contributed by atoms with Gasteiger partial charge < -0.3 is 9.80 Å². The van der Waals surface area contributed by atoms with Gasteiger partial charge in [0.2, 0.25) is 5.91 Å². The molecule has 3 nitrogen and oxygen atoms in total. The normalized spacial score (nSPS) is 19.3. The van der Waals surface area contributed by atoms with Crippen molar-refractivity contribution < 1.29 is 4.79 Å². The summed E-state index contributed by atoms with van der Waals surface area (Å²) in [4.78, 5) is 16.2. The molecular formula is C16H24N2O. The zero-order valence-electron chi connectivity index (χ0n) is 12.0. The summed E-state index contributed by atoms with van der Waals surface area (Å²) >= 11 is 0. The maximum Gasteiger partial charge on any atom is 0.223 e. The quantitative estimate of drug-likeness (QED) is 0.829. The fraction of sp³-hybridized carbons (Fsp3) is 0.562. The molecule has 2 rings (SSSR count). The molecule has 1 aromatic rings. The lowest BCUT2D eigenvalue weighted by molar-refractivity contribution is -0.130. The molecule has 1 atom stereocenters. The zero-order valence-corrected chi connectivity index (χ0v) is 12.0. The highest BCUT2D eigenvalue weighted by Gasteiger charge is 2.20. The Kier molecular flexibility index (Phi) is 4.97. The Balaban J connectivity index is 1.91. The standard InChI is InChI=1S/C16H24N2O/c1-3-18-12-11-17(10-9-16(18)19)13-14(2)15-7-5-4-6-8-15/h4-8,14H,3,9-13H2,1-2H3/t14-/m0/s1. The SMILES string of the molecule is CCN1CCN(C[C@H](C)c2ccccc2)CCC1=O. The number of benzene rings is 1. The van der Waals surface area contributed by atoms with Crippen molar-refractivity contribution in [2.45, 2.75) is 26.2 Å². The van der Waals surface area contributed by atoms with Crippen LogP contribution in [-0.4, -0.2) is 48.4 Å². The Morgan fingerprint density at radius 1 is 1.16 bits per heavy atom. The Morgan fingerprint density at radius 2 is 1.89 bits per heavy atom. The number of rotatable bonds is 4. The van der Waals surface area contributed by atoms with Gasteiger partial charge in [-0.3, -0.25) is 4.79 Å². The molecule has 3 heteroatoms. The first kappa shape index (κ1) is 14.1. The molecule has 1 heterocycles. The number of likely N-dealkylation sites (N-methyl/N-ethyl adjacent to an activating group) is 1. The van der Waals surface area contributed by atoms with E-state index >= 15 is 0 Å². The number of nitrogens with zero attached hydrogens (tertiary/aromatic N) is 2. The molecule has 0 aliphatic carbocycles. The van der Waals surface area contributed by atoms with E-state index in [4.69, 9.17) is 0 Å². The first-order valence-corrected chi connectivity index (χ1v) is 7.25. The van der Waals surface area contributed by atoms with Gasteiger partial charge in [-0.1, -0.05) is 37.3 Å². The van der Waals surface area contributed by atoms with Gasteiger partial charge in [0.15, 0.2) is 0 Å². The van der Waals surface area contributed by atoms with Crippen LogP contribution in [0.3, 0.4) is 0 Å². The summed E-state index contributed by atoms with van der Waals surface area (Å²) < 4.78 is 0. The van der Waals surface area contributed by atoms with Gasteiger partial charge in [0.1, 0.15) is 0 Å². The van der Waals surface area contributed by atoms with Gasteiger partial charge in [-0.15, -0.1) is 0 Å². The molecule has 0 radical (unpaired) electrons. The third-order valence-corrected chi connectivity index (χ3v) is 3.96. The predicted molar refractivity (Wildman–Crippen MR) is 78.2 cm³/mol. The number of amides is 1. The summed E-state index contributed by atoms with van der Waals surface area (Å²) in [7, 11) is 0. The van der Waals surface area contributed by atoms with Crippen molar-refractivity contribution in [2.75, 3.05) is 32.7 Å². The largest absolute Gasteiger partial charge is 0.342 e. The smallest absolute Gasteiger partial charge is 0.223 e. The van der Waals surface area contributed by atoms with E-state index in [1.165, 1.54) is 5.56 Å². The minimum absolute atomic E-state index is 0.303. The van der Waals surface area contributed by atoms with Gasteiger partial charge in [0, 0.05) is 39.1 Å². The van der Waals surface area contributed by atoms with Gasteiger partial charge in [0.25, 0.3) is 0 Å². The predicted octanol–water partition coefficient (Wildman–Crippen LogP) is 2.34. The van der Waals surface area contributed by atoms with Gasteiger partial charge in [-0.25, -0.2) is 0 Å². The highest BCUT2D eigenvalue weighted by atomic mass is 16.2. The van der Waals surface area contributed by atoms with Crippen LogP contribution in [0.4, 0.5) is 0 Å². The molecule has 0 N–H and O–H groups in total. The Hall–Kier alpha value is -1.35. The van der Waals surface area contributed by atoms with Crippen LogP contribution >= 0.6 is 0 Å². The molecule has 1 fully saturated rings. The summed E-state index contributed by atoms with van der Waals surface area (Å²) in [5.74, 6) is 0.821. The first-order valence-electron chi connectivity index (χ1n) is 7.25. The van der Waals surface area contributed by atoms with Crippen LogP contribution in [-0.2, 0) is 4.79 Å². The van der Waals surface area contributed by atoms with Crippen molar-refractivity contribution in [1.29, 1.82) is 0 Å². The molecular weight excluding hydrogens is 236 g/mol. The lowest BCUT2D eigenvalue weighted by atomic mass is 10.0. The third-order valence-electron chi connectivity index (χ3n) is 3.96. The zero-order chi connectivity index (χ0) is 13.7.